The number of hydrogen-bond donors (Lipinski definition) is 0. The van der Waals surface area contributed by atoms with Gasteiger partial charge in [0, 0.05) is 22.3 Å². The molecule has 72 heavy (non-hydrogen) atoms. The van der Waals surface area contributed by atoms with Crippen molar-refractivity contribution in [1.29, 1.82) is 0 Å². The summed E-state index contributed by atoms with van der Waals surface area (Å²) in [7, 11) is -1.08. The number of hydrogen-bond acceptors (Lipinski definition) is 8. The van der Waals surface area contributed by atoms with E-state index in [1.807, 2.05) is 146 Å². The standard InChI is InChI=1S/C62H56O8P2/c1-61(2,3)57-39-53(63-7)37-55(59(57)69-71(65-49-29-25-41-17-9-13-21-45(41)33-49)66-50-30-26-42-18-10-14-22-46(42)34-50)56-38-54(64-8)40-58(62(4,5)6)60(56)70-72(67-51-31-27-43-19-11-15-23-47(43)35-51)68-52-32-28-44-20-12-16-24-48(44)36-52/h9-40H,1-8H3. The molecule has 0 aliphatic carbocycles. The predicted molar refractivity (Wildman–Crippen MR) is 296 cm³/mol. The van der Waals surface area contributed by atoms with Crippen molar-refractivity contribution in [2.24, 2.45) is 0 Å². The van der Waals surface area contributed by atoms with E-state index < -0.39 is 28.0 Å². The van der Waals surface area contributed by atoms with Crippen LogP contribution in [0.1, 0.15) is 52.7 Å². The van der Waals surface area contributed by atoms with Crippen molar-refractivity contribution in [3.63, 3.8) is 0 Å². The lowest BCUT2D eigenvalue weighted by molar-refractivity contribution is 0.376. The van der Waals surface area contributed by atoms with E-state index in [1.165, 1.54) is 0 Å². The molecular weight excluding hydrogens is 935 g/mol. The fourth-order valence-electron chi connectivity index (χ4n) is 8.65. The van der Waals surface area contributed by atoms with Crippen molar-refractivity contribution in [3.8, 4) is 57.1 Å². The van der Waals surface area contributed by atoms with Crippen molar-refractivity contribution in [2.75, 3.05) is 14.2 Å². The van der Waals surface area contributed by atoms with Crippen molar-refractivity contribution in [2.45, 2.75) is 52.4 Å². The van der Waals surface area contributed by atoms with E-state index in [0.29, 0.717) is 57.1 Å². The summed E-state index contributed by atoms with van der Waals surface area (Å²) in [4.78, 5) is 0. The maximum absolute atomic E-state index is 7.33. The molecule has 0 amide bonds. The van der Waals surface area contributed by atoms with Crippen LogP contribution in [-0.2, 0) is 10.8 Å². The average molecular weight is 991 g/mol. The van der Waals surface area contributed by atoms with Crippen LogP contribution in [-0.4, -0.2) is 14.2 Å². The molecule has 0 aromatic heterocycles. The molecule has 0 bridgehead atoms. The first-order valence-corrected chi connectivity index (χ1v) is 26.1. The fourth-order valence-corrected chi connectivity index (χ4v) is 10.7. The molecule has 0 radical (unpaired) electrons. The van der Waals surface area contributed by atoms with Crippen molar-refractivity contribution >= 4 is 60.3 Å². The van der Waals surface area contributed by atoms with E-state index in [4.69, 9.17) is 36.6 Å². The summed E-state index contributed by atoms with van der Waals surface area (Å²) in [5, 5.41) is 8.46. The minimum absolute atomic E-state index is 0.483. The summed E-state index contributed by atoms with van der Waals surface area (Å²) in [5.41, 5.74) is 2.04. The summed E-state index contributed by atoms with van der Waals surface area (Å²) in [5.74, 6) is 4.64. The molecule has 10 aromatic carbocycles. The molecule has 10 aromatic rings. The highest BCUT2D eigenvalue weighted by Crippen LogP contribution is 2.56. The van der Waals surface area contributed by atoms with Crippen LogP contribution in [0.15, 0.2) is 194 Å². The number of benzene rings is 10. The second-order valence-electron chi connectivity index (χ2n) is 19.6. The zero-order chi connectivity index (χ0) is 50.0. The van der Waals surface area contributed by atoms with E-state index in [0.717, 1.165) is 54.2 Å². The first-order chi connectivity index (χ1) is 34.8. The number of ether oxygens (including phenoxy) is 2. The molecule has 10 rings (SSSR count). The Kier molecular flexibility index (Phi) is 13.6. The SMILES string of the molecule is COc1cc(-c2cc(OC)cc(C(C)(C)C)c2OP(Oc2ccc3ccccc3c2)Oc2ccc3ccccc3c2)c(OP(Oc2ccc3ccccc3c2)Oc2ccc3ccccc3c2)c(C(C)(C)C)c1. The highest BCUT2D eigenvalue weighted by atomic mass is 31.2. The van der Waals surface area contributed by atoms with E-state index >= 15 is 0 Å². The van der Waals surface area contributed by atoms with Crippen LogP contribution in [0.2, 0.25) is 0 Å². The van der Waals surface area contributed by atoms with Gasteiger partial charge < -0.3 is 36.6 Å². The fraction of sp³-hybridized carbons (Fsp3) is 0.161. The lowest BCUT2D eigenvalue weighted by Gasteiger charge is -2.30. The number of rotatable bonds is 15. The van der Waals surface area contributed by atoms with Gasteiger partial charge in [0.25, 0.3) is 0 Å². The molecule has 0 unspecified atom stereocenters. The third kappa shape index (κ3) is 10.7. The lowest BCUT2D eigenvalue weighted by Crippen LogP contribution is -2.16. The highest BCUT2D eigenvalue weighted by molar-refractivity contribution is 7.43. The summed E-state index contributed by atoms with van der Waals surface area (Å²) in [6, 6.07) is 64.7. The van der Waals surface area contributed by atoms with Gasteiger partial charge in [-0.1, -0.05) is 163 Å². The van der Waals surface area contributed by atoms with Crippen LogP contribution in [0.3, 0.4) is 0 Å². The summed E-state index contributed by atoms with van der Waals surface area (Å²) in [6.45, 7) is 12.9. The van der Waals surface area contributed by atoms with Gasteiger partial charge in [0.15, 0.2) is 0 Å². The van der Waals surface area contributed by atoms with Crippen LogP contribution in [0.5, 0.6) is 46.0 Å². The number of fused-ring (bicyclic) bond motifs is 4. The van der Waals surface area contributed by atoms with Crippen LogP contribution >= 0.6 is 17.2 Å². The highest BCUT2D eigenvalue weighted by Gasteiger charge is 2.35. The molecule has 10 heteroatoms. The Morgan fingerprint density at radius 2 is 0.542 bits per heavy atom. The van der Waals surface area contributed by atoms with Gasteiger partial charge in [0.1, 0.15) is 46.0 Å². The van der Waals surface area contributed by atoms with Gasteiger partial charge in [-0.05, 0) is 127 Å². The quantitative estimate of drug-likeness (QED) is 0.0941. The average Bonchev–Trinajstić information content (AvgIpc) is 3.38. The Morgan fingerprint density at radius 1 is 0.278 bits per heavy atom. The molecule has 0 aliphatic rings. The van der Waals surface area contributed by atoms with Crippen LogP contribution in [0.4, 0.5) is 0 Å². The Morgan fingerprint density at radius 3 is 0.792 bits per heavy atom. The topological polar surface area (TPSA) is 73.8 Å². The molecular formula is C62H56O8P2. The van der Waals surface area contributed by atoms with Gasteiger partial charge in [-0.25, -0.2) is 0 Å². The van der Waals surface area contributed by atoms with Crippen LogP contribution < -0.4 is 36.6 Å². The molecule has 0 saturated heterocycles. The zero-order valence-electron chi connectivity index (χ0n) is 41.6. The monoisotopic (exact) mass is 990 g/mol. The van der Waals surface area contributed by atoms with Gasteiger partial charge in [0.05, 0.1) is 14.2 Å². The van der Waals surface area contributed by atoms with Crippen molar-refractivity contribution in [3.05, 3.63) is 205 Å². The zero-order valence-corrected chi connectivity index (χ0v) is 43.4. The largest absolute Gasteiger partial charge is 0.530 e. The van der Waals surface area contributed by atoms with Gasteiger partial charge in [-0.15, -0.1) is 0 Å². The third-order valence-corrected chi connectivity index (χ3v) is 14.5. The molecule has 0 aliphatic heterocycles. The Bertz CT molecular complexity index is 3180. The van der Waals surface area contributed by atoms with Gasteiger partial charge >= 0.3 is 17.2 Å². The molecule has 0 saturated carbocycles. The molecule has 362 valence electrons. The maximum Gasteiger partial charge on any atom is 0.530 e. The van der Waals surface area contributed by atoms with E-state index in [2.05, 4.69) is 90.1 Å². The summed E-state index contributed by atoms with van der Waals surface area (Å²) in [6.07, 6.45) is 0. The first-order valence-electron chi connectivity index (χ1n) is 23.9. The third-order valence-electron chi connectivity index (χ3n) is 12.4. The van der Waals surface area contributed by atoms with E-state index in [9.17, 15) is 0 Å². The van der Waals surface area contributed by atoms with E-state index in [1.54, 1.807) is 14.2 Å². The minimum atomic E-state index is -2.21. The molecule has 0 atom stereocenters. The number of methoxy groups -OCH3 is 2. The predicted octanol–water partition coefficient (Wildman–Crippen LogP) is 18.1. The van der Waals surface area contributed by atoms with Crippen molar-refractivity contribution < 1.29 is 36.6 Å². The molecule has 0 fully saturated rings. The first kappa shape index (κ1) is 48.1. The smallest absolute Gasteiger partial charge is 0.497 e. The van der Waals surface area contributed by atoms with E-state index in [-0.39, 0.29) is 0 Å². The second kappa shape index (κ2) is 20.3. The molecule has 0 N–H and O–H groups in total. The Labute approximate surface area is 424 Å². The molecule has 0 spiro atoms. The second-order valence-corrected chi connectivity index (χ2v) is 21.6. The Balaban J connectivity index is 1.15. The minimum Gasteiger partial charge on any atom is -0.497 e. The van der Waals surface area contributed by atoms with Crippen LogP contribution in [0, 0.1) is 0 Å². The van der Waals surface area contributed by atoms with Gasteiger partial charge in [-0.2, -0.15) is 0 Å². The molecule has 0 heterocycles. The van der Waals surface area contributed by atoms with Gasteiger partial charge in [0.2, 0.25) is 0 Å². The van der Waals surface area contributed by atoms with Crippen molar-refractivity contribution in [1.82, 2.24) is 0 Å². The molecule has 8 nitrogen and oxygen atoms in total. The maximum atomic E-state index is 7.33. The normalized spacial score (nSPS) is 11.9. The lowest BCUT2D eigenvalue weighted by atomic mass is 9.81. The van der Waals surface area contributed by atoms with Crippen LogP contribution in [0.25, 0.3) is 54.2 Å². The van der Waals surface area contributed by atoms with Gasteiger partial charge in [-0.3, -0.25) is 0 Å². The summed E-state index contributed by atoms with van der Waals surface area (Å²) >= 11 is 0. The summed E-state index contributed by atoms with van der Waals surface area (Å²) < 4.78 is 54.4. The Hall–Kier alpha value is -7.50.